The van der Waals surface area contributed by atoms with Gasteiger partial charge in [0.1, 0.15) is 0 Å². The van der Waals surface area contributed by atoms with Crippen LogP contribution >= 0.6 is 11.8 Å². The average Bonchev–Trinajstić information content (AvgIpc) is 3.09. The first kappa shape index (κ1) is 13.0. The number of rotatable bonds is 2. The van der Waals surface area contributed by atoms with E-state index >= 15 is 0 Å². The highest BCUT2D eigenvalue weighted by Crippen LogP contribution is 2.33. The molecule has 0 spiro atoms. The van der Waals surface area contributed by atoms with Crippen LogP contribution in [0.25, 0.3) is 0 Å². The van der Waals surface area contributed by atoms with E-state index in [1.165, 1.54) is 5.56 Å². The molecular formula is C15H19NO2S. The molecule has 0 saturated carbocycles. The van der Waals surface area contributed by atoms with Crippen molar-refractivity contribution in [2.75, 3.05) is 24.6 Å². The molecule has 0 aliphatic carbocycles. The zero-order chi connectivity index (χ0) is 13.3. The number of nitrogens with zero attached hydrogens (tertiary/aromatic N) is 1. The topological polar surface area (TPSA) is 40.5 Å². The van der Waals surface area contributed by atoms with Crippen molar-refractivity contribution in [1.82, 2.24) is 4.90 Å². The number of amides is 1. The van der Waals surface area contributed by atoms with E-state index in [0.29, 0.717) is 18.1 Å². The van der Waals surface area contributed by atoms with Gasteiger partial charge in [0.2, 0.25) is 0 Å². The Balaban J connectivity index is 1.67. The van der Waals surface area contributed by atoms with Crippen molar-refractivity contribution in [3.63, 3.8) is 0 Å². The van der Waals surface area contributed by atoms with Crippen LogP contribution in [-0.2, 0) is 4.79 Å². The fraction of sp³-hybridized carbons (Fsp3) is 0.533. The molecule has 2 aliphatic rings. The third-order valence-corrected chi connectivity index (χ3v) is 5.32. The molecule has 2 unspecified atom stereocenters. The predicted octanol–water partition coefficient (Wildman–Crippen LogP) is 1.87. The van der Waals surface area contributed by atoms with Crippen LogP contribution in [0.5, 0.6) is 0 Å². The molecule has 3 rings (SSSR count). The number of carbonyl (C=O) groups is 1. The standard InChI is InChI=1S/C15H19NO2S/c17-14(15(18)7-9-19-11-15)16-8-6-13(10-16)12-4-2-1-3-5-12/h1-5,13,18H,6-11H2. The molecule has 0 radical (unpaired) electrons. The quantitative estimate of drug-likeness (QED) is 0.897. The number of hydrogen-bond donors (Lipinski definition) is 1. The van der Waals surface area contributed by atoms with E-state index in [-0.39, 0.29) is 5.91 Å². The maximum absolute atomic E-state index is 12.4. The van der Waals surface area contributed by atoms with Crippen LogP contribution < -0.4 is 0 Å². The van der Waals surface area contributed by atoms with Crippen molar-refractivity contribution in [2.24, 2.45) is 0 Å². The van der Waals surface area contributed by atoms with Crippen LogP contribution in [0.3, 0.4) is 0 Å². The summed E-state index contributed by atoms with van der Waals surface area (Å²) in [6, 6.07) is 10.3. The molecule has 19 heavy (non-hydrogen) atoms. The minimum Gasteiger partial charge on any atom is -0.379 e. The van der Waals surface area contributed by atoms with Crippen molar-refractivity contribution >= 4 is 17.7 Å². The van der Waals surface area contributed by atoms with Crippen molar-refractivity contribution < 1.29 is 9.90 Å². The molecule has 0 bridgehead atoms. The highest BCUT2D eigenvalue weighted by Gasteiger charge is 2.43. The molecule has 1 aromatic rings. The Morgan fingerprint density at radius 3 is 2.84 bits per heavy atom. The number of thioether (sulfide) groups is 1. The molecule has 2 fully saturated rings. The van der Waals surface area contributed by atoms with Crippen LogP contribution in [0.15, 0.2) is 30.3 Å². The van der Waals surface area contributed by atoms with E-state index in [2.05, 4.69) is 12.1 Å². The smallest absolute Gasteiger partial charge is 0.255 e. The summed E-state index contributed by atoms with van der Waals surface area (Å²) in [4.78, 5) is 14.3. The van der Waals surface area contributed by atoms with Crippen LogP contribution in [0.4, 0.5) is 0 Å². The molecule has 2 heterocycles. The average molecular weight is 277 g/mol. The van der Waals surface area contributed by atoms with Gasteiger partial charge in [0.15, 0.2) is 5.60 Å². The molecule has 0 aromatic heterocycles. The van der Waals surface area contributed by atoms with Crippen molar-refractivity contribution in [1.29, 1.82) is 0 Å². The molecule has 2 atom stereocenters. The highest BCUT2D eigenvalue weighted by molar-refractivity contribution is 7.99. The second-order valence-corrected chi connectivity index (χ2v) is 6.59. The molecule has 1 amide bonds. The Labute approximate surface area is 118 Å². The second kappa shape index (κ2) is 5.17. The summed E-state index contributed by atoms with van der Waals surface area (Å²) >= 11 is 1.67. The van der Waals surface area contributed by atoms with Crippen molar-refractivity contribution in [3.05, 3.63) is 35.9 Å². The lowest BCUT2D eigenvalue weighted by Gasteiger charge is -2.27. The SMILES string of the molecule is O=C(N1CCC(c2ccccc2)C1)C1(O)CCSC1. The zero-order valence-corrected chi connectivity index (χ0v) is 11.7. The Morgan fingerprint density at radius 1 is 1.37 bits per heavy atom. The minimum atomic E-state index is -1.10. The monoisotopic (exact) mass is 277 g/mol. The van der Waals surface area contributed by atoms with Gasteiger partial charge in [-0.2, -0.15) is 11.8 Å². The molecule has 3 nitrogen and oxygen atoms in total. The fourth-order valence-electron chi connectivity index (χ4n) is 2.96. The minimum absolute atomic E-state index is 0.0593. The first-order valence-electron chi connectivity index (χ1n) is 6.83. The Hall–Kier alpha value is -1.00. The lowest BCUT2D eigenvalue weighted by atomic mass is 9.98. The van der Waals surface area contributed by atoms with Gasteiger partial charge in [-0.1, -0.05) is 30.3 Å². The first-order valence-corrected chi connectivity index (χ1v) is 7.99. The van der Waals surface area contributed by atoms with Crippen LogP contribution in [-0.4, -0.2) is 46.1 Å². The molecule has 1 N–H and O–H groups in total. The normalized spacial score (nSPS) is 30.8. The van der Waals surface area contributed by atoms with Crippen LogP contribution in [0, 0.1) is 0 Å². The largest absolute Gasteiger partial charge is 0.379 e. The number of carbonyl (C=O) groups excluding carboxylic acids is 1. The predicted molar refractivity (Wildman–Crippen MR) is 77.3 cm³/mol. The number of likely N-dealkylation sites (tertiary alicyclic amines) is 1. The molecule has 102 valence electrons. The van der Waals surface area contributed by atoms with Gasteiger partial charge in [-0.3, -0.25) is 4.79 Å². The highest BCUT2D eigenvalue weighted by atomic mass is 32.2. The first-order chi connectivity index (χ1) is 9.19. The van der Waals surface area contributed by atoms with E-state index in [4.69, 9.17) is 0 Å². The van der Waals surface area contributed by atoms with Gasteiger partial charge >= 0.3 is 0 Å². The summed E-state index contributed by atoms with van der Waals surface area (Å²) < 4.78 is 0. The number of aliphatic hydroxyl groups is 1. The molecule has 4 heteroatoms. The van der Waals surface area contributed by atoms with E-state index < -0.39 is 5.60 Å². The van der Waals surface area contributed by atoms with Gasteiger partial charge in [-0.15, -0.1) is 0 Å². The summed E-state index contributed by atoms with van der Waals surface area (Å²) in [7, 11) is 0. The molecular weight excluding hydrogens is 258 g/mol. The lowest BCUT2D eigenvalue weighted by Crippen LogP contribution is -2.48. The van der Waals surface area contributed by atoms with Crippen LogP contribution in [0.1, 0.15) is 24.3 Å². The van der Waals surface area contributed by atoms with E-state index in [1.54, 1.807) is 11.8 Å². The summed E-state index contributed by atoms with van der Waals surface area (Å²) in [5.74, 6) is 1.80. The number of hydrogen-bond acceptors (Lipinski definition) is 3. The van der Waals surface area contributed by atoms with Gasteiger partial charge in [0, 0.05) is 24.8 Å². The van der Waals surface area contributed by atoms with E-state index in [9.17, 15) is 9.90 Å². The fourth-order valence-corrected chi connectivity index (χ4v) is 4.19. The summed E-state index contributed by atoms with van der Waals surface area (Å²) in [5.41, 5.74) is 0.196. The third kappa shape index (κ3) is 2.51. The van der Waals surface area contributed by atoms with Gasteiger partial charge in [-0.05, 0) is 24.2 Å². The Kier molecular flexibility index (Phi) is 3.54. The van der Waals surface area contributed by atoms with Gasteiger partial charge in [-0.25, -0.2) is 0 Å². The van der Waals surface area contributed by atoms with E-state index in [0.717, 1.165) is 25.3 Å². The summed E-state index contributed by atoms with van der Waals surface area (Å²) in [6.45, 7) is 1.52. The van der Waals surface area contributed by atoms with Gasteiger partial charge in [0.05, 0.1) is 0 Å². The summed E-state index contributed by atoms with van der Waals surface area (Å²) in [6.07, 6.45) is 1.60. The molecule has 1 aromatic carbocycles. The maximum atomic E-state index is 12.4. The second-order valence-electron chi connectivity index (χ2n) is 5.48. The third-order valence-electron chi connectivity index (χ3n) is 4.15. The maximum Gasteiger partial charge on any atom is 0.255 e. The summed E-state index contributed by atoms with van der Waals surface area (Å²) in [5, 5.41) is 10.4. The Morgan fingerprint density at radius 2 is 2.16 bits per heavy atom. The molecule has 2 saturated heterocycles. The Bertz CT molecular complexity index is 456. The zero-order valence-electron chi connectivity index (χ0n) is 10.9. The lowest BCUT2D eigenvalue weighted by molar-refractivity contribution is -0.147. The van der Waals surface area contributed by atoms with E-state index in [1.807, 2.05) is 23.1 Å². The number of benzene rings is 1. The van der Waals surface area contributed by atoms with Gasteiger partial charge < -0.3 is 10.0 Å². The molecule has 2 aliphatic heterocycles. The van der Waals surface area contributed by atoms with Crippen LogP contribution in [0.2, 0.25) is 0 Å². The van der Waals surface area contributed by atoms with Gasteiger partial charge in [0.25, 0.3) is 5.91 Å². The van der Waals surface area contributed by atoms with Crippen molar-refractivity contribution in [3.8, 4) is 0 Å². The van der Waals surface area contributed by atoms with Crippen molar-refractivity contribution in [2.45, 2.75) is 24.4 Å².